The maximum Gasteiger partial charge on any atom is 0.419 e. The Morgan fingerprint density at radius 3 is 2.53 bits per heavy atom. The molecule has 34 heavy (non-hydrogen) atoms. The predicted molar refractivity (Wildman–Crippen MR) is 134 cm³/mol. The van der Waals surface area contributed by atoms with Gasteiger partial charge in [0, 0.05) is 35.8 Å². The number of carbonyl (C=O) groups is 3. The summed E-state index contributed by atoms with van der Waals surface area (Å²) in [5, 5.41) is 1.02. The molecule has 0 unspecified atom stereocenters. The van der Waals surface area contributed by atoms with E-state index in [1.54, 1.807) is 28.1 Å². The van der Waals surface area contributed by atoms with E-state index in [9.17, 15) is 14.4 Å². The molecule has 0 N–H and O–H groups in total. The third-order valence-corrected chi connectivity index (χ3v) is 10.5. The fraction of sp³-hybridized carbons (Fsp3) is 0.560. The first kappa shape index (κ1) is 23.6. The first-order chi connectivity index (χ1) is 16.2. The molecule has 1 amide bonds. The lowest BCUT2D eigenvalue weighted by molar-refractivity contribution is -0.145. The summed E-state index contributed by atoms with van der Waals surface area (Å²) in [4.78, 5) is 41.7. The minimum atomic E-state index is -0.781. The SMILES string of the molecule is COC(=O)C1([C@H]2CC(=O)N3CCc4c(n(C(=O)OC(C)(C)C)c5ccccc45)[C@H]3C2)SCCS1. The lowest BCUT2D eigenvalue weighted by Crippen LogP contribution is -2.51. The predicted octanol–water partition coefficient (Wildman–Crippen LogP) is 4.61. The summed E-state index contributed by atoms with van der Waals surface area (Å²) in [6.07, 6.45) is 1.17. The second-order valence-corrected chi connectivity index (χ2v) is 13.0. The Bertz CT molecular complexity index is 1160. The first-order valence-corrected chi connectivity index (χ1v) is 13.6. The number of amides is 1. The van der Waals surface area contributed by atoms with Crippen molar-refractivity contribution in [2.24, 2.45) is 5.92 Å². The number of nitrogens with zero attached hydrogens (tertiary/aromatic N) is 2. The van der Waals surface area contributed by atoms with Crippen LogP contribution < -0.4 is 0 Å². The molecule has 9 heteroatoms. The molecule has 2 saturated heterocycles. The number of esters is 1. The molecule has 1 aromatic carbocycles. The van der Waals surface area contributed by atoms with E-state index in [0.29, 0.717) is 25.8 Å². The summed E-state index contributed by atoms with van der Waals surface area (Å²) in [5.41, 5.74) is 2.06. The zero-order valence-corrected chi connectivity index (χ0v) is 21.6. The Balaban J connectivity index is 1.63. The number of fused-ring (bicyclic) bond motifs is 5. The number of rotatable bonds is 2. The maximum atomic E-state index is 13.5. The molecule has 7 nitrogen and oxygen atoms in total. The lowest BCUT2D eigenvalue weighted by Gasteiger charge is -2.46. The Kier molecular flexibility index (Phi) is 5.91. The van der Waals surface area contributed by atoms with Crippen molar-refractivity contribution < 1.29 is 23.9 Å². The van der Waals surface area contributed by atoms with Gasteiger partial charge in [0.15, 0.2) is 4.08 Å². The fourth-order valence-electron chi connectivity index (χ4n) is 5.58. The van der Waals surface area contributed by atoms with Crippen LogP contribution in [0.15, 0.2) is 24.3 Å². The molecule has 3 aliphatic heterocycles. The van der Waals surface area contributed by atoms with Crippen LogP contribution in [0.2, 0.25) is 0 Å². The molecule has 2 atom stereocenters. The molecular formula is C25H30N2O5S2. The van der Waals surface area contributed by atoms with Crippen LogP contribution >= 0.6 is 23.5 Å². The number of hydrogen-bond donors (Lipinski definition) is 0. The standard InChI is InChI=1S/C25H30N2O5S2/c1-24(2,3)32-23(30)27-18-8-6-5-7-16(18)17-9-10-26-19(21(17)27)13-15(14-20(26)28)25(22(29)31-4)33-11-12-34-25/h5-8,15,19H,9-14H2,1-4H3/t15-,19-/m1/s1. The van der Waals surface area contributed by atoms with Gasteiger partial charge in [0.25, 0.3) is 0 Å². The Morgan fingerprint density at radius 2 is 1.85 bits per heavy atom. The molecule has 0 bridgehead atoms. The Morgan fingerprint density at radius 1 is 1.15 bits per heavy atom. The molecule has 0 spiro atoms. The second-order valence-electron chi connectivity index (χ2n) is 10.0. The highest BCUT2D eigenvalue weighted by Gasteiger charge is 2.55. The van der Waals surface area contributed by atoms with Crippen molar-refractivity contribution >= 4 is 52.4 Å². The van der Waals surface area contributed by atoms with Crippen LogP contribution in [0.1, 0.15) is 50.9 Å². The van der Waals surface area contributed by atoms with Gasteiger partial charge in [-0.3, -0.25) is 4.79 Å². The van der Waals surface area contributed by atoms with Crippen LogP contribution in [0.5, 0.6) is 0 Å². The zero-order valence-electron chi connectivity index (χ0n) is 20.0. The van der Waals surface area contributed by atoms with E-state index in [4.69, 9.17) is 9.47 Å². The minimum Gasteiger partial charge on any atom is -0.467 e. The van der Waals surface area contributed by atoms with Gasteiger partial charge in [0.1, 0.15) is 5.60 Å². The third-order valence-electron chi connectivity index (χ3n) is 6.86. The second kappa shape index (κ2) is 8.52. The van der Waals surface area contributed by atoms with Crippen LogP contribution in [0, 0.1) is 5.92 Å². The van der Waals surface area contributed by atoms with Gasteiger partial charge in [-0.25, -0.2) is 14.2 Å². The van der Waals surface area contributed by atoms with E-state index in [0.717, 1.165) is 33.7 Å². The number of methoxy groups -OCH3 is 1. The normalized spacial score (nSPS) is 24.0. The number of benzene rings is 1. The van der Waals surface area contributed by atoms with E-state index in [2.05, 4.69) is 0 Å². The summed E-state index contributed by atoms with van der Waals surface area (Å²) in [5.74, 6) is 1.28. The highest BCUT2D eigenvalue weighted by atomic mass is 32.2. The van der Waals surface area contributed by atoms with Crippen molar-refractivity contribution in [3.63, 3.8) is 0 Å². The van der Waals surface area contributed by atoms with E-state index in [-0.39, 0.29) is 23.8 Å². The minimum absolute atomic E-state index is 0.0317. The monoisotopic (exact) mass is 502 g/mol. The van der Waals surface area contributed by atoms with Crippen molar-refractivity contribution in [2.75, 3.05) is 25.2 Å². The van der Waals surface area contributed by atoms with Gasteiger partial charge in [0.2, 0.25) is 5.91 Å². The van der Waals surface area contributed by atoms with E-state index in [1.165, 1.54) is 7.11 Å². The number of ether oxygens (including phenoxy) is 2. The van der Waals surface area contributed by atoms with Crippen molar-refractivity contribution in [2.45, 2.75) is 55.8 Å². The third kappa shape index (κ3) is 3.71. The van der Waals surface area contributed by atoms with Crippen molar-refractivity contribution in [1.29, 1.82) is 0 Å². The zero-order chi connectivity index (χ0) is 24.3. The van der Waals surface area contributed by atoms with E-state index >= 15 is 0 Å². The molecule has 0 saturated carbocycles. The molecule has 5 rings (SSSR count). The van der Waals surface area contributed by atoms with Crippen LogP contribution in [0.25, 0.3) is 10.9 Å². The number of aromatic nitrogens is 1. The van der Waals surface area contributed by atoms with Crippen molar-refractivity contribution in [3.05, 3.63) is 35.5 Å². The number of para-hydroxylation sites is 1. The first-order valence-electron chi connectivity index (χ1n) is 11.7. The Hall–Kier alpha value is -2.13. The summed E-state index contributed by atoms with van der Waals surface area (Å²) in [6.45, 7) is 6.16. The molecule has 0 radical (unpaired) electrons. The average Bonchev–Trinajstić information content (AvgIpc) is 3.41. The molecule has 1 aromatic heterocycles. The molecule has 3 aliphatic rings. The van der Waals surface area contributed by atoms with Crippen LogP contribution in [-0.2, 0) is 25.5 Å². The summed E-state index contributed by atoms with van der Waals surface area (Å²) in [6, 6.07) is 7.56. The van der Waals surface area contributed by atoms with Crippen LogP contribution in [0.3, 0.4) is 0 Å². The molecular weight excluding hydrogens is 472 g/mol. The van der Waals surface area contributed by atoms with Crippen molar-refractivity contribution in [3.8, 4) is 0 Å². The maximum absolute atomic E-state index is 13.5. The topological polar surface area (TPSA) is 77.8 Å². The van der Waals surface area contributed by atoms with Gasteiger partial charge in [-0.2, -0.15) is 0 Å². The Labute approximate surface area is 207 Å². The van der Waals surface area contributed by atoms with E-state index in [1.807, 2.05) is 49.9 Å². The van der Waals surface area contributed by atoms with Gasteiger partial charge in [-0.15, -0.1) is 23.5 Å². The quantitative estimate of drug-likeness (QED) is 0.555. The average molecular weight is 503 g/mol. The van der Waals surface area contributed by atoms with Gasteiger partial charge in [-0.1, -0.05) is 18.2 Å². The van der Waals surface area contributed by atoms with Crippen LogP contribution in [0.4, 0.5) is 4.79 Å². The number of carbonyl (C=O) groups excluding carboxylic acids is 3. The smallest absolute Gasteiger partial charge is 0.419 e. The summed E-state index contributed by atoms with van der Waals surface area (Å²) >= 11 is 3.19. The molecule has 2 fully saturated rings. The molecule has 182 valence electrons. The lowest BCUT2D eigenvalue weighted by atomic mass is 9.82. The number of hydrogen-bond acceptors (Lipinski definition) is 7. The van der Waals surface area contributed by atoms with Gasteiger partial charge in [0.05, 0.1) is 24.4 Å². The molecule has 2 aromatic rings. The molecule has 0 aliphatic carbocycles. The number of piperidine rings is 1. The van der Waals surface area contributed by atoms with Gasteiger partial charge in [-0.05, 0) is 45.2 Å². The highest BCUT2D eigenvalue weighted by molar-refractivity contribution is 8.22. The molecule has 4 heterocycles. The summed E-state index contributed by atoms with van der Waals surface area (Å²) < 4.78 is 11.9. The summed E-state index contributed by atoms with van der Waals surface area (Å²) in [7, 11) is 1.42. The highest BCUT2D eigenvalue weighted by Crippen LogP contribution is 2.56. The van der Waals surface area contributed by atoms with Crippen LogP contribution in [-0.4, -0.2) is 62.3 Å². The van der Waals surface area contributed by atoms with Gasteiger partial charge < -0.3 is 14.4 Å². The van der Waals surface area contributed by atoms with E-state index < -0.39 is 15.8 Å². The fourth-order valence-corrected chi connectivity index (χ4v) is 8.92. The largest absolute Gasteiger partial charge is 0.467 e. The van der Waals surface area contributed by atoms with Gasteiger partial charge >= 0.3 is 12.1 Å². The van der Waals surface area contributed by atoms with Crippen molar-refractivity contribution in [1.82, 2.24) is 9.47 Å². The number of thioether (sulfide) groups is 2.